The molecule has 0 rings (SSSR count). The second-order valence-corrected chi connectivity index (χ2v) is 3.12. The van der Waals surface area contributed by atoms with Crippen molar-refractivity contribution >= 4 is 5.97 Å². The minimum absolute atomic E-state index is 0.379. The van der Waals surface area contributed by atoms with E-state index in [1.54, 1.807) is 6.92 Å². The molecule has 0 amide bonds. The molecule has 0 aromatic rings. The van der Waals surface area contributed by atoms with Crippen LogP contribution in [0.4, 0.5) is 0 Å². The van der Waals surface area contributed by atoms with E-state index in [-0.39, 0.29) is 5.97 Å². The summed E-state index contributed by atoms with van der Waals surface area (Å²) < 4.78 is 0. The van der Waals surface area contributed by atoms with E-state index < -0.39 is 0 Å². The van der Waals surface area contributed by atoms with E-state index in [4.69, 9.17) is 4.84 Å². The zero-order chi connectivity index (χ0) is 10.1. The van der Waals surface area contributed by atoms with Gasteiger partial charge >= 0.3 is 5.97 Å². The van der Waals surface area contributed by atoms with Crippen molar-refractivity contribution in [1.82, 2.24) is 5.48 Å². The normalized spacial score (nSPS) is 9.69. The molecule has 76 valence electrons. The first-order chi connectivity index (χ1) is 6.18. The first kappa shape index (κ1) is 12.2. The molecule has 0 saturated carbocycles. The molecule has 0 aliphatic heterocycles. The summed E-state index contributed by atoms with van der Waals surface area (Å²) in [4.78, 5) is 15.5. The van der Waals surface area contributed by atoms with Crippen LogP contribution < -0.4 is 5.48 Å². The molecule has 3 heteroatoms. The summed E-state index contributed by atoms with van der Waals surface area (Å²) in [6, 6.07) is 0. The van der Waals surface area contributed by atoms with E-state index in [2.05, 4.69) is 19.0 Å². The van der Waals surface area contributed by atoms with Crippen molar-refractivity contribution in [1.29, 1.82) is 0 Å². The first-order valence-electron chi connectivity index (χ1n) is 4.78. The van der Waals surface area contributed by atoms with E-state index in [1.165, 1.54) is 19.3 Å². The second-order valence-electron chi connectivity index (χ2n) is 3.12. The lowest BCUT2D eigenvalue weighted by atomic mass is 10.2. The third kappa shape index (κ3) is 7.53. The summed E-state index contributed by atoms with van der Waals surface area (Å²) in [6.07, 6.45) is 4.66. The summed E-state index contributed by atoms with van der Waals surface area (Å²) >= 11 is 0. The number of carbonyl (C=O) groups excluding carboxylic acids is 1. The molecular weight excluding hydrogens is 166 g/mol. The second kappa shape index (κ2) is 7.80. The van der Waals surface area contributed by atoms with Gasteiger partial charge in [0.05, 0.1) is 0 Å². The number of unbranched alkanes of at least 4 members (excludes halogenated alkanes) is 3. The lowest BCUT2D eigenvalue weighted by Gasteiger charge is -2.04. The molecule has 0 heterocycles. The van der Waals surface area contributed by atoms with Crippen LogP contribution in [0.15, 0.2) is 12.2 Å². The lowest BCUT2D eigenvalue weighted by molar-refractivity contribution is -0.146. The zero-order valence-corrected chi connectivity index (χ0v) is 8.56. The molecule has 0 aromatic heterocycles. The van der Waals surface area contributed by atoms with Gasteiger partial charge in [-0.2, -0.15) is 5.48 Å². The molecule has 0 unspecified atom stereocenters. The van der Waals surface area contributed by atoms with Crippen molar-refractivity contribution in [2.75, 3.05) is 6.54 Å². The van der Waals surface area contributed by atoms with E-state index in [1.807, 2.05) is 0 Å². The van der Waals surface area contributed by atoms with Crippen LogP contribution >= 0.6 is 0 Å². The van der Waals surface area contributed by atoms with Crippen LogP contribution in [0, 0.1) is 0 Å². The minimum atomic E-state index is -0.379. The van der Waals surface area contributed by atoms with Gasteiger partial charge in [0.2, 0.25) is 0 Å². The number of rotatable bonds is 7. The van der Waals surface area contributed by atoms with Gasteiger partial charge in [-0.1, -0.05) is 32.8 Å². The maximum Gasteiger partial charge on any atom is 0.351 e. The van der Waals surface area contributed by atoms with Crippen molar-refractivity contribution in [3.05, 3.63) is 12.2 Å². The number of hydroxylamine groups is 1. The average molecular weight is 185 g/mol. The predicted molar refractivity (Wildman–Crippen MR) is 53.1 cm³/mol. The maximum absolute atomic E-state index is 10.8. The van der Waals surface area contributed by atoms with Crippen molar-refractivity contribution in [3.63, 3.8) is 0 Å². The van der Waals surface area contributed by atoms with Crippen LogP contribution in [0.1, 0.15) is 39.5 Å². The number of hydrogen-bond donors (Lipinski definition) is 1. The molecule has 0 radical (unpaired) electrons. The molecule has 13 heavy (non-hydrogen) atoms. The van der Waals surface area contributed by atoms with Crippen LogP contribution in [-0.2, 0) is 9.63 Å². The molecule has 0 spiro atoms. The van der Waals surface area contributed by atoms with Gasteiger partial charge in [0, 0.05) is 12.1 Å². The standard InChI is InChI=1S/C10H19NO2/c1-4-5-6-7-8-11-13-10(12)9(2)3/h11H,2,4-8H2,1,3H3. The van der Waals surface area contributed by atoms with Gasteiger partial charge in [0.15, 0.2) is 0 Å². The summed E-state index contributed by atoms with van der Waals surface area (Å²) in [5, 5.41) is 0. The van der Waals surface area contributed by atoms with Crippen LogP contribution in [-0.4, -0.2) is 12.5 Å². The molecule has 0 fully saturated rings. The number of nitrogens with one attached hydrogen (secondary N) is 1. The quantitative estimate of drug-likeness (QED) is 0.375. The van der Waals surface area contributed by atoms with Crippen molar-refractivity contribution in [2.45, 2.75) is 39.5 Å². The third-order valence-electron chi connectivity index (χ3n) is 1.65. The Balaban J connectivity index is 3.16. The Bertz CT molecular complexity index is 166. The highest BCUT2D eigenvalue weighted by Crippen LogP contribution is 1.97. The first-order valence-corrected chi connectivity index (χ1v) is 4.78. The Morgan fingerprint density at radius 3 is 2.62 bits per heavy atom. The zero-order valence-electron chi connectivity index (χ0n) is 8.56. The van der Waals surface area contributed by atoms with E-state index in [0.717, 1.165) is 13.0 Å². The van der Waals surface area contributed by atoms with Crippen LogP contribution in [0.3, 0.4) is 0 Å². The van der Waals surface area contributed by atoms with Gasteiger partial charge in [-0.05, 0) is 13.3 Å². The van der Waals surface area contributed by atoms with Gasteiger partial charge in [-0.3, -0.25) is 0 Å². The molecule has 0 aliphatic rings. The van der Waals surface area contributed by atoms with Crippen molar-refractivity contribution in [3.8, 4) is 0 Å². The highest BCUT2D eigenvalue weighted by atomic mass is 16.7. The largest absolute Gasteiger partial charge is 0.367 e. The average Bonchev–Trinajstić information content (AvgIpc) is 2.10. The molecule has 0 saturated heterocycles. The van der Waals surface area contributed by atoms with E-state index in [0.29, 0.717) is 5.57 Å². The Labute approximate surface area is 80.1 Å². The maximum atomic E-state index is 10.8. The molecule has 0 aliphatic carbocycles. The fourth-order valence-electron chi connectivity index (χ4n) is 0.828. The van der Waals surface area contributed by atoms with Gasteiger partial charge in [0.1, 0.15) is 0 Å². The monoisotopic (exact) mass is 185 g/mol. The fourth-order valence-corrected chi connectivity index (χ4v) is 0.828. The number of carbonyl (C=O) groups is 1. The smallest absolute Gasteiger partial charge is 0.351 e. The highest BCUT2D eigenvalue weighted by molar-refractivity contribution is 5.86. The third-order valence-corrected chi connectivity index (χ3v) is 1.65. The van der Waals surface area contributed by atoms with Crippen LogP contribution in [0.2, 0.25) is 0 Å². The fraction of sp³-hybridized carbons (Fsp3) is 0.700. The summed E-state index contributed by atoms with van der Waals surface area (Å²) in [5.41, 5.74) is 3.03. The molecule has 3 nitrogen and oxygen atoms in total. The predicted octanol–water partition coefficient (Wildman–Crippen LogP) is 2.19. The SMILES string of the molecule is C=C(C)C(=O)ONCCCCCC. The molecule has 0 atom stereocenters. The summed E-state index contributed by atoms with van der Waals surface area (Å²) in [5.74, 6) is -0.379. The molecule has 0 aromatic carbocycles. The van der Waals surface area contributed by atoms with E-state index in [9.17, 15) is 4.79 Å². The van der Waals surface area contributed by atoms with Crippen molar-refractivity contribution in [2.24, 2.45) is 0 Å². The summed E-state index contributed by atoms with van der Waals surface area (Å²) in [6.45, 7) is 7.98. The lowest BCUT2D eigenvalue weighted by Crippen LogP contribution is -2.21. The minimum Gasteiger partial charge on any atom is -0.367 e. The van der Waals surface area contributed by atoms with Crippen LogP contribution in [0.25, 0.3) is 0 Å². The topological polar surface area (TPSA) is 38.3 Å². The highest BCUT2D eigenvalue weighted by Gasteiger charge is 2.01. The summed E-state index contributed by atoms with van der Waals surface area (Å²) in [7, 11) is 0. The Morgan fingerprint density at radius 2 is 2.08 bits per heavy atom. The Kier molecular flexibility index (Phi) is 7.30. The number of hydrogen-bond acceptors (Lipinski definition) is 3. The van der Waals surface area contributed by atoms with Gasteiger partial charge in [0.25, 0.3) is 0 Å². The molecule has 0 bridgehead atoms. The van der Waals surface area contributed by atoms with Gasteiger partial charge in [-0.25, -0.2) is 4.79 Å². The van der Waals surface area contributed by atoms with E-state index >= 15 is 0 Å². The Hall–Kier alpha value is -0.830. The van der Waals surface area contributed by atoms with Gasteiger partial charge in [-0.15, -0.1) is 0 Å². The van der Waals surface area contributed by atoms with Crippen LogP contribution in [0.5, 0.6) is 0 Å². The van der Waals surface area contributed by atoms with Gasteiger partial charge < -0.3 is 4.84 Å². The van der Waals surface area contributed by atoms with Crippen molar-refractivity contribution < 1.29 is 9.63 Å². The molecular formula is C10H19NO2. The molecule has 1 N–H and O–H groups in total. The Morgan fingerprint density at radius 1 is 1.38 bits per heavy atom.